The number of aliphatic hydroxyl groups excluding tert-OH is 1. The summed E-state index contributed by atoms with van der Waals surface area (Å²) in [4.78, 5) is 12.0. The van der Waals surface area contributed by atoms with Gasteiger partial charge in [0.15, 0.2) is 6.29 Å². The van der Waals surface area contributed by atoms with E-state index < -0.39 is 30.6 Å². The molecule has 0 spiro atoms. The Labute approximate surface area is 188 Å². The summed E-state index contributed by atoms with van der Waals surface area (Å²) in [7, 11) is 0. The molecule has 0 aromatic heterocycles. The van der Waals surface area contributed by atoms with Crippen LogP contribution in [0.4, 0.5) is 0 Å². The second-order valence-corrected chi connectivity index (χ2v) is 7.49. The maximum absolute atomic E-state index is 12.0. The fourth-order valence-corrected chi connectivity index (χ4v) is 3.64. The van der Waals surface area contributed by atoms with Gasteiger partial charge in [-0.05, 0) is 11.1 Å². The van der Waals surface area contributed by atoms with Crippen molar-refractivity contribution in [1.29, 1.82) is 0 Å². The number of benzene rings is 2. The lowest BCUT2D eigenvalue weighted by Crippen LogP contribution is -2.65. The largest absolute Gasteiger partial charge is 0.394 e. The summed E-state index contributed by atoms with van der Waals surface area (Å²) in [5.74, 6) is 2.17. The summed E-state index contributed by atoms with van der Waals surface area (Å²) in [6.07, 6.45) is 2.42. The molecular weight excluding hydrogens is 410 g/mol. The predicted molar refractivity (Wildman–Crippen MR) is 118 cm³/mol. The third-order valence-corrected chi connectivity index (χ3v) is 5.10. The minimum atomic E-state index is -0.859. The van der Waals surface area contributed by atoms with Crippen molar-refractivity contribution < 1.29 is 28.8 Å². The highest BCUT2D eigenvalue weighted by atomic mass is 16.7. The minimum absolute atomic E-state index is 0.0120. The Morgan fingerprint density at radius 3 is 2.12 bits per heavy atom. The van der Waals surface area contributed by atoms with Gasteiger partial charge in [0.2, 0.25) is 5.91 Å². The molecular formula is C25H29NO6. The first-order chi connectivity index (χ1) is 15.6. The zero-order chi connectivity index (χ0) is 22.8. The van der Waals surface area contributed by atoms with E-state index >= 15 is 0 Å². The molecule has 0 bridgehead atoms. The second kappa shape index (κ2) is 12.3. The van der Waals surface area contributed by atoms with E-state index in [4.69, 9.17) is 25.4 Å². The number of ether oxygens (including phenoxy) is 4. The van der Waals surface area contributed by atoms with Gasteiger partial charge in [-0.2, -0.15) is 0 Å². The molecule has 7 heteroatoms. The first-order valence-corrected chi connectivity index (χ1v) is 10.5. The van der Waals surface area contributed by atoms with E-state index in [0.29, 0.717) is 0 Å². The van der Waals surface area contributed by atoms with Crippen molar-refractivity contribution in [3.63, 3.8) is 0 Å². The number of carbonyl (C=O) groups excluding carboxylic acids is 1. The van der Waals surface area contributed by atoms with Crippen molar-refractivity contribution in [3.8, 4) is 12.3 Å². The molecule has 1 heterocycles. The lowest BCUT2D eigenvalue weighted by atomic mass is 9.96. The second-order valence-electron chi connectivity index (χ2n) is 7.49. The molecule has 1 aliphatic heterocycles. The van der Waals surface area contributed by atoms with E-state index in [1.807, 2.05) is 60.7 Å². The van der Waals surface area contributed by atoms with Gasteiger partial charge in [0.25, 0.3) is 0 Å². The van der Waals surface area contributed by atoms with E-state index in [9.17, 15) is 9.90 Å². The lowest BCUT2D eigenvalue weighted by Gasteiger charge is -2.45. The van der Waals surface area contributed by atoms with Gasteiger partial charge >= 0.3 is 0 Å². The maximum atomic E-state index is 12.0. The third kappa shape index (κ3) is 6.63. The van der Waals surface area contributed by atoms with Gasteiger partial charge in [-0.25, -0.2) is 0 Å². The SMILES string of the molecule is C#CCO[C@H]1[C@H](OCc2ccccc2)[C@@H](NC(C)=O)[C@H](OCc2ccccc2)O[C@@H]1CO. The lowest BCUT2D eigenvalue weighted by molar-refractivity contribution is -0.287. The van der Waals surface area contributed by atoms with Crippen molar-refractivity contribution >= 4 is 5.91 Å². The van der Waals surface area contributed by atoms with Crippen LogP contribution < -0.4 is 5.32 Å². The average Bonchev–Trinajstić information content (AvgIpc) is 2.82. The predicted octanol–water partition coefficient (Wildman–Crippen LogP) is 2.03. The van der Waals surface area contributed by atoms with Crippen molar-refractivity contribution in [3.05, 3.63) is 71.8 Å². The molecule has 2 aromatic rings. The Morgan fingerprint density at radius 2 is 1.59 bits per heavy atom. The molecule has 32 heavy (non-hydrogen) atoms. The summed E-state index contributed by atoms with van der Waals surface area (Å²) >= 11 is 0. The molecule has 170 valence electrons. The van der Waals surface area contributed by atoms with E-state index in [0.717, 1.165) is 11.1 Å². The zero-order valence-corrected chi connectivity index (χ0v) is 18.1. The standard InChI is InChI=1S/C25H29NO6/c1-3-14-29-23-21(15-27)32-25(31-17-20-12-8-5-9-13-20)22(26-18(2)28)24(23)30-16-19-10-6-4-7-11-19/h1,4-13,21-25,27H,14-17H2,2H3,(H,26,28)/t21-,22-,23-,24-,25-/m1/s1. The number of aliphatic hydroxyl groups is 1. The Balaban J connectivity index is 1.84. The van der Waals surface area contributed by atoms with E-state index in [2.05, 4.69) is 11.2 Å². The number of carbonyl (C=O) groups is 1. The number of amides is 1. The van der Waals surface area contributed by atoms with Crippen LogP contribution in [0, 0.1) is 12.3 Å². The van der Waals surface area contributed by atoms with Gasteiger partial charge in [0.1, 0.15) is 31.0 Å². The highest BCUT2D eigenvalue weighted by molar-refractivity contribution is 5.73. The molecule has 2 aromatic carbocycles. The normalized spacial score (nSPS) is 25.1. The summed E-state index contributed by atoms with van der Waals surface area (Å²) < 4.78 is 24.1. The number of rotatable bonds is 10. The van der Waals surface area contributed by atoms with Crippen LogP contribution in [0.5, 0.6) is 0 Å². The summed E-state index contributed by atoms with van der Waals surface area (Å²) in [6.45, 7) is 1.65. The number of nitrogens with one attached hydrogen (secondary N) is 1. The highest BCUT2D eigenvalue weighted by Gasteiger charge is 2.48. The smallest absolute Gasteiger partial charge is 0.217 e. The van der Waals surface area contributed by atoms with Gasteiger partial charge in [0.05, 0.1) is 19.8 Å². The first kappa shape index (κ1) is 23.9. The molecule has 0 unspecified atom stereocenters. The van der Waals surface area contributed by atoms with E-state index in [1.165, 1.54) is 6.92 Å². The molecule has 1 saturated heterocycles. The highest BCUT2D eigenvalue weighted by Crippen LogP contribution is 2.28. The fourth-order valence-electron chi connectivity index (χ4n) is 3.64. The third-order valence-electron chi connectivity index (χ3n) is 5.10. The van der Waals surface area contributed by atoms with Crippen molar-refractivity contribution in [2.75, 3.05) is 13.2 Å². The van der Waals surface area contributed by atoms with E-state index in [-0.39, 0.29) is 32.3 Å². The van der Waals surface area contributed by atoms with Gasteiger partial charge < -0.3 is 29.4 Å². The monoisotopic (exact) mass is 439 g/mol. The first-order valence-electron chi connectivity index (χ1n) is 10.5. The van der Waals surface area contributed by atoms with Crippen molar-refractivity contribution in [2.24, 2.45) is 0 Å². The minimum Gasteiger partial charge on any atom is -0.394 e. The van der Waals surface area contributed by atoms with Crippen molar-refractivity contribution in [2.45, 2.75) is 50.8 Å². The number of hydrogen-bond donors (Lipinski definition) is 2. The quantitative estimate of drug-likeness (QED) is 0.551. The number of hydrogen-bond acceptors (Lipinski definition) is 6. The fraction of sp³-hybridized carbons (Fsp3) is 0.400. The Kier molecular flexibility index (Phi) is 9.23. The number of terminal acetylenes is 1. The van der Waals surface area contributed by atoms with Crippen LogP contribution in [0.1, 0.15) is 18.1 Å². The zero-order valence-electron chi connectivity index (χ0n) is 18.1. The van der Waals surface area contributed by atoms with Gasteiger partial charge in [-0.3, -0.25) is 4.79 Å². The maximum Gasteiger partial charge on any atom is 0.217 e. The van der Waals surface area contributed by atoms with Crippen LogP contribution in [0.3, 0.4) is 0 Å². The molecule has 1 fully saturated rings. The van der Waals surface area contributed by atoms with Crippen LogP contribution in [0.2, 0.25) is 0 Å². The van der Waals surface area contributed by atoms with Crippen LogP contribution in [-0.4, -0.2) is 54.9 Å². The molecule has 0 radical (unpaired) electrons. The molecule has 7 nitrogen and oxygen atoms in total. The average molecular weight is 440 g/mol. The molecule has 1 aliphatic rings. The summed E-state index contributed by atoms with van der Waals surface area (Å²) in [5, 5.41) is 12.9. The van der Waals surface area contributed by atoms with E-state index in [1.54, 1.807) is 0 Å². The summed E-state index contributed by atoms with van der Waals surface area (Å²) in [6, 6.07) is 18.6. The molecule has 0 aliphatic carbocycles. The van der Waals surface area contributed by atoms with Gasteiger partial charge in [0, 0.05) is 6.92 Å². The van der Waals surface area contributed by atoms with Gasteiger partial charge in [-0.15, -0.1) is 6.42 Å². The molecule has 0 saturated carbocycles. The topological polar surface area (TPSA) is 86.3 Å². The summed E-state index contributed by atoms with van der Waals surface area (Å²) in [5.41, 5.74) is 1.91. The Hall–Kier alpha value is -2.73. The Morgan fingerprint density at radius 1 is 1.00 bits per heavy atom. The van der Waals surface area contributed by atoms with Crippen LogP contribution in [0.25, 0.3) is 0 Å². The van der Waals surface area contributed by atoms with Crippen LogP contribution >= 0.6 is 0 Å². The molecule has 5 atom stereocenters. The van der Waals surface area contributed by atoms with Crippen LogP contribution in [0.15, 0.2) is 60.7 Å². The molecule has 1 amide bonds. The molecule has 2 N–H and O–H groups in total. The molecule has 3 rings (SSSR count). The van der Waals surface area contributed by atoms with Crippen LogP contribution in [-0.2, 0) is 37.0 Å². The van der Waals surface area contributed by atoms with Gasteiger partial charge in [-0.1, -0.05) is 66.6 Å². The van der Waals surface area contributed by atoms with Crippen molar-refractivity contribution in [1.82, 2.24) is 5.32 Å². The Bertz CT molecular complexity index is 869.